The minimum absolute atomic E-state index is 0.0222. The lowest BCUT2D eigenvalue weighted by molar-refractivity contribution is -0.138. The number of hydrogen-bond acceptors (Lipinski definition) is 5. The molecule has 110 valence electrons. The summed E-state index contributed by atoms with van der Waals surface area (Å²) >= 11 is 0. The first-order valence-corrected chi connectivity index (χ1v) is 6.51. The summed E-state index contributed by atoms with van der Waals surface area (Å²) in [5, 5.41) is 15.3. The van der Waals surface area contributed by atoms with Gasteiger partial charge in [0.05, 0.1) is 13.1 Å². The van der Waals surface area contributed by atoms with Crippen LogP contribution in [0.3, 0.4) is 0 Å². The maximum absolute atomic E-state index is 12.0. The topological polar surface area (TPSA) is 98.9 Å². The van der Waals surface area contributed by atoms with Crippen molar-refractivity contribution in [2.45, 2.75) is 13.0 Å². The molecule has 2 heterocycles. The number of carboxylic acid groups (broad SMARTS) is 1. The second-order valence-electron chi connectivity index (χ2n) is 4.66. The van der Waals surface area contributed by atoms with Crippen LogP contribution in [-0.4, -0.2) is 64.8 Å². The highest BCUT2D eigenvalue weighted by molar-refractivity contribution is 5.74. The Labute approximate surface area is 116 Å². The monoisotopic (exact) mass is 282 g/mol. The zero-order valence-corrected chi connectivity index (χ0v) is 11.1. The van der Waals surface area contributed by atoms with Crippen molar-refractivity contribution >= 4 is 12.0 Å². The molecule has 0 unspecified atom stereocenters. The van der Waals surface area contributed by atoms with Crippen LogP contribution in [0, 0.1) is 0 Å². The number of hydrogen-bond donors (Lipinski definition) is 2. The number of carbonyl (C=O) groups excluding carboxylic acids is 1. The first-order valence-electron chi connectivity index (χ1n) is 6.51. The van der Waals surface area contributed by atoms with E-state index >= 15 is 0 Å². The Morgan fingerprint density at radius 1 is 1.35 bits per heavy atom. The molecule has 2 rings (SSSR count). The average Bonchev–Trinajstić information content (AvgIpc) is 2.82. The van der Waals surface area contributed by atoms with Crippen molar-refractivity contribution in [2.75, 3.05) is 32.7 Å². The van der Waals surface area contributed by atoms with Crippen molar-refractivity contribution in [3.8, 4) is 0 Å². The van der Waals surface area contributed by atoms with E-state index in [4.69, 9.17) is 5.11 Å². The van der Waals surface area contributed by atoms with E-state index in [1.165, 1.54) is 6.26 Å². The lowest BCUT2D eigenvalue weighted by Crippen LogP contribution is -2.42. The standard InChI is InChI=1S/C12H18N4O4/c17-11(18)9-15-3-1-4-16(6-5-15)12(19)13-8-10-2-7-20-14-10/h2,7H,1,3-6,8-9H2,(H,13,19)(H,17,18). The van der Waals surface area contributed by atoms with Gasteiger partial charge >= 0.3 is 12.0 Å². The largest absolute Gasteiger partial charge is 0.480 e. The van der Waals surface area contributed by atoms with Gasteiger partial charge in [-0.2, -0.15) is 0 Å². The average molecular weight is 282 g/mol. The number of aromatic nitrogens is 1. The predicted molar refractivity (Wildman–Crippen MR) is 69.0 cm³/mol. The molecule has 0 bridgehead atoms. The lowest BCUT2D eigenvalue weighted by atomic mass is 10.4. The molecule has 1 aliphatic heterocycles. The third kappa shape index (κ3) is 4.23. The minimum atomic E-state index is -0.839. The van der Waals surface area contributed by atoms with E-state index in [1.807, 2.05) is 4.90 Å². The number of urea groups is 1. The van der Waals surface area contributed by atoms with E-state index in [9.17, 15) is 9.59 Å². The molecule has 0 aliphatic carbocycles. The van der Waals surface area contributed by atoms with Gasteiger partial charge in [0.2, 0.25) is 0 Å². The third-order valence-electron chi connectivity index (χ3n) is 3.15. The first kappa shape index (κ1) is 14.3. The molecule has 20 heavy (non-hydrogen) atoms. The fourth-order valence-corrected chi connectivity index (χ4v) is 2.13. The smallest absolute Gasteiger partial charge is 0.317 e. The summed E-state index contributed by atoms with van der Waals surface area (Å²) < 4.78 is 4.69. The van der Waals surface area contributed by atoms with Crippen molar-refractivity contribution in [1.82, 2.24) is 20.3 Å². The molecule has 2 amide bonds. The lowest BCUT2D eigenvalue weighted by Gasteiger charge is -2.21. The molecule has 1 aromatic heterocycles. The van der Waals surface area contributed by atoms with Crippen molar-refractivity contribution in [3.05, 3.63) is 18.0 Å². The zero-order chi connectivity index (χ0) is 14.4. The van der Waals surface area contributed by atoms with E-state index in [1.54, 1.807) is 11.0 Å². The van der Waals surface area contributed by atoms with Gasteiger partial charge in [-0.1, -0.05) is 5.16 Å². The molecule has 1 fully saturated rings. The molecule has 1 aliphatic rings. The number of carbonyl (C=O) groups is 2. The second-order valence-corrected chi connectivity index (χ2v) is 4.66. The molecule has 2 N–H and O–H groups in total. The molecular weight excluding hydrogens is 264 g/mol. The van der Waals surface area contributed by atoms with E-state index in [0.717, 1.165) is 6.42 Å². The van der Waals surface area contributed by atoms with Gasteiger partial charge in [-0.05, 0) is 6.42 Å². The Kier molecular flexibility index (Phi) is 4.94. The Morgan fingerprint density at radius 2 is 2.20 bits per heavy atom. The van der Waals surface area contributed by atoms with Crippen LogP contribution in [0.5, 0.6) is 0 Å². The van der Waals surface area contributed by atoms with Gasteiger partial charge in [0.1, 0.15) is 12.0 Å². The van der Waals surface area contributed by atoms with Crippen molar-refractivity contribution in [3.63, 3.8) is 0 Å². The quantitative estimate of drug-likeness (QED) is 0.805. The SMILES string of the molecule is O=C(O)CN1CCCN(C(=O)NCc2ccon2)CC1. The number of carboxylic acids is 1. The van der Waals surface area contributed by atoms with Crippen LogP contribution < -0.4 is 5.32 Å². The minimum Gasteiger partial charge on any atom is -0.480 e. The van der Waals surface area contributed by atoms with Crippen LogP contribution in [-0.2, 0) is 11.3 Å². The van der Waals surface area contributed by atoms with Gasteiger partial charge in [-0.3, -0.25) is 9.69 Å². The summed E-state index contributed by atoms with van der Waals surface area (Å²) in [6.45, 7) is 2.76. The number of amides is 2. The van der Waals surface area contributed by atoms with Crippen LogP contribution in [0.2, 0.25) is 0 Å². The zero-order valence-electron chi connectivity index (χ0n) is 11.1. The maximum Gasteiger partial charge on any atom is 0.317 e. The van der Waals surface area contributed by atoms with E-state index in [0.29, 0.717) is 38.4 Å². The number of nitrogens with one attached hydrogen (secondary N) is 1. The molecule has 0 radical (unpaired) electrons. The van der Waals surface area contributed by atoms with Crippen LogP contribution in [0.15, 0.2) is 16.9 Å². The van der Waals surface area contributed by atoms with E-state index < -0.39 is 5.97 Å². The Morgan fingerprint density at radius 3 is 2.90 bits per heavy atom. The molecule has 8 heteroatoms. The van der Waals surface area contributed by atoms with Gasteiger partial charge in [-0.15, -0.1) is 0 Å². The van der Waals surface area contributed by atoms with Gasteiger partial charge < -0.3 is 19.8 Å². The van der Waals surface area contributed by atoms with Crippen LogP contribution in [0.1, 0.15) is 12.1 Å². The number of aliphatic carboxylic acids is 1. The Bertz CT molecular complexity index is 448. The highest BCUT2D eigenvalue weighted by atomic mass is 16.5. The van der Waals surface area contributed by atoms with Gasteiger partial charge in [-0.25, -0.2) is 4.79 Å². The van der Waals surface area contributed by atoms with E-state index in [-0.39, 0.29) is 12.6 Å². The summed E-state index contributed by atoms with van der Waals surface area (Å²) in [5.74, 6) is -0.839. The third-order valence-corrected chi connectivity index (χ3v) is 3.15. The molecule has 0 saturated carbocycles. The van der Waals surface area contributed by atoms with Crippen LogP contribution in [0.25, 0.3) is 0 Å². The Balaban J connectivity index is 1.77. The molecule has 0 atom stereocenters. The molecule has 1 aromatic rings. The highest BCUT2D eigenvalue weighted by Crippen LogP contribution is 2.04. The molecule has 1 saturated heterocycles. The van der Waals surface area contributed by atoms with E-state index in [2.05, 4.69) is 15.0 Å². The molecule has 0 spiro atoms. The molecule has 8 nitrogen and oxygen atoms in total. The van der Waals surface area contributed by atoms with Gasteiger partial charge in [0, 0.05) is 32.2 Å². The summed E-state index contributed by atoms with van der Waals surface area (Å²) in [7, 11) is 0. The van der Waals surface area contributed by atoms with Crippen molar-refractivity contribution in [1.29, 1.82) is 0 Å². The molecular formula is C12H18N4O4. The Hall–Kier alpha value is -2.09. The second kappa shape index (κ2) is 6.90. The normalized spacial score (nSPS) is 16.7. The predicted octanol–water partition coefficient (Wildman–Crippen LogP) is -0.0235. The number of nitrogens with zero attached hydrogens (tertiary/aromatic N) is 3. The van der Waals surface area contributed by atoms with Gasteiger partial charge in [0.15, 0.2) is 0 Å². The fourth-order valence-electron chi connectivity index (χ4n) is 2.13. The highest BCUT2D eigenvalue weighted by Gasteiger charge is 2.20. The van der Waals surface area contributed by atoms with Crippen LogP contribution >= 0.6 is 0 Å². The molecule has 0 aromatic carbocycles. The first-order chi connectivity index (χ1) is 9.65. The maximum atomic E-state index is 12.0. The van der Waals surface area contributed by atoms with Gasteiger partial charge in [0.25, 0.3) is 0 Å². The summed E-state index contributed by atoms with van der Waals surface area (Å²) in [5.41, 5.74) is 0.667. The van der Waals surface area contributed by atoms with Crippen LogP contribution in [0.4, 0.5) is 4.79 Å². The fraction of sp³-hybridized carbons (Fsp3) is 0.583. The summed E-state index contributed by atoms with van der Waals surface area (Å²) in [6, 6.07) is 1.53. The number of rotatable bonds is 4. The van der Waals surface area contributed by atoms with Crippen molar-refractivity contribution < 1.29 is 19.2 Å². The summed E-state index contributed by atoms with van der Waals surface area (Å²) in [4.78, 5) is 26.2. The summed E-state index contributed by atoms with van der Waals surface area (Å²) in [6.07, 6.45) is 2.22. The van der Waals surface area contributed by atoms with Crippen molar-refractivity contribution in [2.24, 2.45) is 0 Å².